The summed E-state index contributed by atoms with van der Waals surface area (Å²) in [7, 11) is 1.40. The number of esters is 1. The number of rotatable bonds is 3. The van der Waals surface area contributed by atoms with Crippen LogP contribution in [-0.2, 0) is 9.53 Å². The molecule has 1 rings (SSSR count). The number of carbonyl (C=O) groups excluding carboxylic acids is 2. The molecule has 0 spiro atoms. The van der Waals surface area contributed by atoms with Crippen molar-refractivity contribution < 1.29 is 18.7 Å². The lowest BCUT2D eigenvalue weighted by Gasteiger charge is -2.22. The van der Waals surface area contributed by atoms with Crippen molar-refractivity contribution >= 4 is 35.1 Å². The molecule has 0 bridgehead atoms. The summed E-state index contributed by atoms with van der Waals surface area (Å²) in [6.45, 7) is 4.89. The Kier molecular flexibility index (Phi) is 5.59. The first-order valence-corrected chi connectivity index (χ1v) is 6.88. The summed E-state index contributed by atoms with van der Waals surface area (Å²) in [6, 6.07) is 2.09. The maximum absolute atomic E-state index is 13.4. The van der Waals surface area contributed by atoms with Gasteiger partial charge in [-0.2, -0.15) is 0 Å². The second-order valence-electron chi connectivity index (χ2n) is 5.49. The molecule has 0 heterocycles. The van der Waals surface area contributed by atoms with Gasteiger partial charge in [0, 0.05) is 7.05 Å². The molecule has 0 aliphatic carbocycles. The van der Waals surface area contributed by atoms with Gasteiger partial charge in [0.25, 0.3) is 5.91 Å². The predicted molar refractivity (Wildman–Crippen MR) is 79.2 cm³/mol. The van der Waals surface area contributed by atoms with Gasteiger partial charge in [-0.15, -0.1) is 0 Å². The van der Waals surface area contributed by atoms with Gasteiger partial charge in [-0.1, -0.05) is 23.2 Å². The Morgan fingerprint density at radius 1 is 1.24 bits per heavy atom. The van der Waals surface area contributed by atoms with Gasteiger partial charge in [-0.3, -0.25) is 9.59 Å². The minimum atomic E-state index is -0.755. The fourth-order valence-electron chi connectivity index (χ4n) is 1.53. The van der Waals surface area contributed by atoms with Crippen LogP contribution >= 0.6 is 23.2 Å². The highest BCUT2D eigenvalue weighted by Crippen LogP contribution is 2.25. The lowest BCUT2D eigenvalue weighted by molar-refractivity contribution is -0.155. The van der Waals surface area contributed by atoms with Gasteiger partial charge >= 0.3 is 5.97 Å². The molecule has 0 atom stereocenters. The molecule has 0 saturated heterocycles. The Bertz CT molecular complexity index is 570. The van der Waals surface area contributed by atoms with Crippen LogP contribution in [0, 0.1) is 5.82 Å². The molecule has 7 heteroatoms. The summed E-state index contributed by atoms with van der Waals surface area (Å²) < 4.78 is 18.5. The SMILES string of the molecule is CN(CC(=O)OC(C)(C)C)C(=O)c1cc(F)c(Cl)cc1Cl. The molecular weight excluding hydrogens is 320 g/mol. The molecule has 0 saturated carbocycles. The van der Waals surface area contributed by atoms with Crippen molar-refractivity contribution in [3.8, 4) is 0 Å². The van der Waals surface area contributed by atoms with Gasteiger partial charge in [-0.25, -0.2) is 4.39 Å². The molecule has 0 unspecified atom stereocenters. The van der Waals surface area contributed by atoms with E-state index in [2.05, 4.69) is 0 Å². The van der Waals surface area contributed by atoms with E-state index in [4.69, 9.17) is 27.9 Å². The molecule has 1 amide bonds. The average Bonchev–Trinajstić information content (AvgIpc) is 2.30. The van der Waals surface area contributed by atoms with Crippen LogP contribution < -0.4 is 0 Å². The zero-order chi connectivity index (χ0) is 16.4. The molecular formula is C14H16Cl2FNO3. The van der Waals surface area contributed by atoms with Crippen LogP contribution in [0.1, 0.15) is 31.1 Å². The molecule has 1 aromatic carbocycles. The van der Waals surface area contributed by atoms with Crippen molar-refractivity contribution in [2.45, 2.75) is 26.4 Å². The maximum atomic E-state index is 13.4. The summed E-state index contributed by atoms with van der Waals surface area (Å²) in [4.78, 5) is 24.9. The van der Waals surface area contributed by atoms with E-state index in [1.54, 1.807) is 20.8 Å². The third-order valence-corrected chi connectivity index (χ3v) is 2.98. The Morgan fingerprint density at radius 2 is 1.81 bits per heavy atom. The predicted octanol–water partition coefficient (Wildman–Crippen LogP) is 3.55. The van der Waals surface area contributed by atoms with Crippen LogP contribution in [0.2, 0.25) is 10.0 Å². The Morgan fingerprint density at radius 3 is 2.33 bits per heavy atom. The van der Waals surface area contributed by atoms with E-state index in [0.717, 1.165) is 17.0 Å². The van der Waals surface area contributed by atoms with E-state index in [0.29, 0.717) is 0 Å². The highest BCUT2D eigenvalue weighted by Gasteiger charge is 2.22. The molecule has 0 fully saturated rings. The number of halogens is 3. The van der Waals surface area contributed by atoms with Crippen molar-refractivity contribution in [2.75, 3.05) is 13.6 Å². The lowest BCUT2D eigenvalue weighted by atomic mass is 10.2. The molecule has 0 radical (unpaired) electrons. The number of ether oxygens (including phenoxy) is 1. The molecule has 0 aliphatic rings. The van der Waals surface area contributed by atoms with Crippen molar-refractivity contribution in [3.05, 3.63) is 33.6 Å². The Labute approximate surface area is 132 Å². The standard InChI is InChI=1S/C14H16Cl2FNO3/c1-14(2,3)21-12(19)7-18(4)13(20)8-5-11(17)10(16)6-9(8)15/h5-6H,7H2,1-4H3. The first kappa shape index (κ1) is 17.7. The van der Waals surface area contributed by atoms with Crippen molar-refractivity contribution in [3.63, 3.8) is 0 Å². The van der Waals surface area contributed by atoms with Crippen LogP contribution in [0.15, 0.2) is 12.1 Å². The number of likely N-dealkylation sites (N-methyl/N-ethyl adjacent to an activating group) is 1. The minimum absolute atomic E-state index is 0.0161. The van der Waals surface area contributed by atoms with Crippen molar-refractivity contribution in [1.82, 2.24) is 4.90 Å². The highest BCUT2D eigenvalue weighted by atomic mass is 35.5. The summed E-state index contributed by atoms with van der Waals surface area (Å²) >= 11 is 11.4. The fraction of sp³-hybridized carbons (Fsp3) is 0.429. The molecule has 1 aromatic rings. The molecule has 0 aromatic heterocycles. The van der Waals surface area contributed by atoms with Gasteiger partial charge in [0.2, 0.25) is 0 Å². The summed E-state index contributed by atoms with van der Waals surface area (Å²) in [5.74, 6) is -1.92. The van der Waals surface area contributed by atoms with Gasteiger partial charge in [0.1, 0.15) is 18.0 Å². The van der Waals surface area contributed by atoms with Crippen LogP contribution in [0.4, 0.5) is 4.39 Å². The van der Waals surface area contributed by atoms with E-state index in [1.807, 2.05) is 0 Å². The molecule has 21 heavy (non-hydrogen) atoms. The molecule has 116 valence electrons. The van der Waals surface area contributed by atoms with Gasteiger partial charge in [0.15, 0.2) is 0 Å². The van der Waals surface area contributed by atoms with Crippen LogP contribution in [0.5, 0.6) is 0 Å². The number of amides is 1. The lowest BCUT2D eigenvalue weighted by Crippen LogP contribution is -2.36. The Hall–Kier alpha value is -1.33. The number of nitrogens with zero attached hydrogens (tertiary/aromatic N) is 1. The second kappa shape index (κ2) is 6.62. The summed E-state index contributed by atoms with van der Waals surface area (Å²) in [5.41, 5.74) is -0.713. The first-order chi connectivity index (χ1) is 9.51. The van der Waals surface area contributed by atoms with Gasteiger partial charge in [-0.05, 0) is 32.9 Å². The van der Waals surface area contributed by atoms with Crippen LogP contribution in [0.3, 0.4) is 0 Å². The van der Waals surface area contributed by atoms with Gasteiger partial charge in [0.05, 0.1) is 15.6 Å². The zero-order valence-corrected chi connectivity index (χ0v) is 13.7. The normalized spacial score (nSPS) is 11.2. The summed E-state index contributed by atoms with van der Waals surface area (Å²) in [5, 5.41) is -0.159. The Balaban J connectivity index is 2.84. The first-order valence-electron chi connectivity index (χ1n) is 6.13. The number of benzene rings is 1. The average molecular weight is 336 g/mol. The monoisotopic (exact) mass is 335 g/mol. The molecule has 0 N–H and O–H groups in total. The zero-order valence-electron chi connectivity index (χ0n) is 12.2. The van der Waals surface area contributed by atoms with E-state index in [9.17, 15) is 14.0 Å². The van der Waals surface area contributed by atoms with Gasteiger partial charge < -0.3 is 9.64 Å². The van der Waals surface area contributed by atoms with Crippen LogP contribution in [0.25, 0.3) is 0 Å². The third-order valence-electron chi connectivity index (χ3n) is 2.37. The summed E-state index contributed by atoms with van der Waals surface area (Å²) in [6.07, 6.45) is 0. The number of hydrogen-bond acceptors (Lipinski definition) is 3. The van der Waals surface area contributed by atoms with E-state index < -0.39 is 23.3 Å². The topological polar surface area (TPSA) is 46.6 Å². The third kappa shape index (κ3) is 5.17. The van der Waals surface area contributed by atoms with E-state index in [-0.39, 0.29) is 22.2 Å². The highest BCUT2D eigenvalue weighted by molar-refractivity contribution is 6.36. The van der Waals surface area contributed by atoms with E-state index in [1.165, 1.54) is 7.05 Å². The largest absolute Gasteiger partial charge is 0.459 e. The second-order valence-corrected chi connectivity index (χ2v) is 6.31. The molecule has 0 aliphatic heterocycles. The molecule has 4 nitrogen and oxygen atoms in total. The maximum Gasteiger partial charge on any atom is 0.326 e. The smallest absolute Gasteiger partial charge is 0.326 e. The van der Waals surface area contributed by atoms with Crippen LogP contribution in [-0.4, -0.2) is 36.0 Å². The quantitative estimate of drug-likeness (QED) is 0.626. The van der Waals surface area contributed by atoms with E-state index >= 15 is 0 Å². The fourth-order valence-corrected chi connectivity index (χ4v) is 2.00. The number of hydrogen-bond donors (Lipinski definition) is 0. The minimum Gasteiger partial charge on any atom is -0.459 e. The number of carbonyl (C=O) groups is 2. The van der Waals surface area contributed by atoms with Crippen molar-refractivity contribution in [2.24, 2.45) is 0 Å². The van der Waals surface area contributed by atoms with Crippen molar-refractivity contribution in [1.29, 1.82) is 0 Å².